The monoisotopic (exact) mass is 256 g/mol. The smallest absolute Gasteiger partial charge is 0.162 e. The molecular formula is C13H17ClO3. The van der Waals surface area contributed by atoms with Gasteiger partial charge in [0.1, 0.15) is 0 Å². The van der Waals surface area contributed by atoms with Gasteiger partial charge in [0.25, 0.3) is 0 Å². The molecule has 1 aliphatic rings. The molecule has 1 aromatic carbocycles. The Labute approximate surface area is 106 Å². The molecule has 0 aromatic heterocycles. The zero-order chi connectivity index (χ0) is 12.4. The van der Waals surface area contributed by atoms with Crippen LogP contribution >= 0.6 is 11.6 Å². The maximum atomic E-state index is 10.1. The highest BCUT2D eigenvalue weighted by Crippen LogP contribution is 2.38. The Morgan fingerprint density at radius 1 is 1.18 bits per heavy atom. The lowest BCUT2D eigenvalue weighted by atomic mass is 9.99. The third kappa shape index (κ3) is 2.67. The summed E-state index contributed by atoms with van der Waals surface area (Å²) in [6, 6.07) is 3.51. The van der Waals surface area contributed by atoms with Crippen molar-refractivity contribution in [3.63, 3.8) is 0 Å². The number of benzene rings is 1. The summed E-state index contributed by atoms with van der Waals surface area (Å²) in [5.74, 6) is 1.44. The van der Waals surface area contributed by atoms with Crippen LogP contribution in [0.5, 0.6) is 11.5 Å². The first-order chi connectivity index (χ1) is 8.09. The van der Waals surface area contributed by atoms with Gasteiger partial charge in [-0.1, -0.05) is 25.4 Å². The molecule has 94 valence electrons. The Kier molecular flexibility index (Phi) is 3.79. The molecule has 17 heavy (non-hydrogen) atoms. The molecule has 0 bridgehead atoms. The first kappa shape index (κ1) is 12.5. The molecule has 0 amide bonds. The summed E-state index contributed by atoms with van der Waals surface area (Å²) in [5, 5.41) is 10.6. The average Bonchev–Trinajstić information content (AvgIpc) is 2.51. The van der Waals surface area contributed by atoms with Crippen LogP contribution in [-0.2, 0) is 0 Å². The van der Waals surface area contributed by atoms with E-state index < -0.39 is 6.10 Å². The predicted molar refractivity (Wildman–Crippen MR) is 66.9 cm³/mol. The van der Waals surface area contributed by atoms with E-state index in [2.05, 4.69) is 0 Å². The lowest BCUT2D eigenvalue weighted by Crippen LogP contribution is -2.06. The van der Waals surface area contributed by atoms with Gasteiger partial charge in [0, 0.05) is 18.1 Å². The van der Waals surface area contributed by atoms with Gasteiger partial charge in [-0.3, -0.25) is 0 Å². The van der Waals surface area contributed by atoms with Crippen LogP contribution in [0.2, 0.25) is 5.02 Å². The highest BCUT2D eigenvalue weighted by Gasteiger charge is 2.20. The van der Waals surface area contributed by atoms with Crippen molar-refractivity contribution in [2.75, 3.05) is 13.2 Å². The molecule has 0 spiro atoms. The van der Waals surface area contributed by atoms with Gasteiger partial charge in [-0.15, -0.1) is 0 Å². The minimum Gasteiger partial charge on any atom is -0.490 e. The van der Waals surface area contributed by atoms with E-state index in [4.69, 9.17) is 21.1 Å². The third-order valence-electron chi connectivity index (χ3n) is 2.82. The van der Waals surface area contributed by atoms with Crippen molar-refractivity contribution >= 4 is 11.6 Å². The maximum Gasteiger partial charge on any atom is 0.162 e. The van der Waals surface area contributed by atoms with Crippen molar-refractivity contribution in [2.45, 2.75) is 26.4 Å². The lowest BCUT2D eigenvalue weighted by molar-refractivity contribution is 0.126. The first-order valence-corrected chi connectivity index (χ1v) is 6.24. The molecule has 0 saturated heterocycles. The first-order valence-electron chi connectivity index (χ1n) is 5.86. The van der Waals surface area contributed by atoms with E-state index in [1.807, 2.05) is 13.8 Å². The molecule has 4 heteroatoms. The summed E-state index contributed by atoms with van der Waals surface area (Å²) in [5.41, 5.74) is 0.700. The molecule has 1 heterocycles. The fourth-order valence-electron chi connectivity index (χ4n) is 1.79. The van der Waals surface area contributed by atoms with E-state index in [0.717, 1.165) is 6.42 Å². The largest absolute Gasteiger partial charge is 0.490 e. The van der Waals surface area contributed by atoms with Crippen molar-refractivity contribution in [3.8, 4) is 11.5 Å². The van der Waals surface area contributed by atoms with Crippen LogP contribution in [-0.4, -0.2) is 18.3 Å². The molecule has 0 aliphatic carbocycles. The number of fused-ring (bicyclic) bond motifs is 1. The molecule has 0 radical (unpaired) electrons. The van der Waals surface area contributed by atoms with Gasteiger partial charge in [-0.2, -0.15) is 0 Å². The molecule has 3 nitrogen and oxygen atoms in total. The van der Waals surface area contributed by atoms with Crippen molar-refractivity contribution in [1.29, 1.82) is 0 Å². The Morgan fingerprint density at radius 2 is 1.76 bits per heavy atom. The zero-order valence-electron chi connectivity index (χ0n) is 10.1. The molecule has 1 unspecified atom stereocenters. The number of ether oxygens (including phenoxy) is 2. The van der Waals surface area contributed by atoms with E-state index in [-0.39, 0.29) is 5.92 Å². The van der Waals surface area contributed by atoms with Gasteiger partial charge in [0.15, 0.2) is 11.5 Å². The van der Waals surface area contributed by atoms with Crippen LogP contribution in [0.3, 0.4) is 0 Å². The molecule has 1 atom stereocenters. The number of aliphatic hydroxyl groups excluding tert-OH is 1. The van der Waals surface area contributed by atoms with Gasteiger partial charge >= 0.3 is 0 Å². The molecule has 0 saturated carbocycles. The Balaban J connectivity index is 2.38. The quantitative estimate of drug-likeness (QED) is 0.883. The Hall–Kier alpha value is -0.930. The fourth-order valence-corrected chi connectivity index (χ4v) is 2.05. The van der Waals surface area contributed by atoms with Gasteiger partial charge < -0.3 is 14.6 Å². The van der Waals surface area contributed by atoms with Crippen molar-refractivity contribution in [1.82, 2.24) is 0 Å². The summed E-state index contributed by atoms with van der Waals surface area (Å²) >= 11 is 6.16. The van der Waals surface area contributed by atoms with Crippen molar-refractivity contribution in [3.05, 3.63) is 22.7 Å². The average molecular weight is 257 g/mol. The number of halogens is 1. The van der Waals surface area contributed by atoms with E-state index >= 15 is 0 Å². The zero-order valence-corrected chi connectivity index (χ0v) is 10.8. The molecular weight excluding hydrogens is 240 g/mol. The van der Waals surface area contributed by atoms with Gasteiger partial charge in [0.2, 0.25) is 0 Å². The number of hydrogen-bond acceptors (Lipinski definition) is 3. The fraction of sp³-hybridized carbons (Fsp3) is 0.538. The Morgan fingerprint density at radius 3 is 2.35 bits per heavy atom. The standard InChI is InChI=1S/C13H17ClO3/c1-8(2)13(15)9-6-11-12(7-10(9)14)17-5-3-4-16-11/h6-8,13,15H,3-5H2,1-2H3. The molecule has 1 aromatic rings. The van der Waals surface area contributed by atoms with Crippen LogP contribution in [0.15, 0.2) is 12.1 Å². The second-order valence-electron chi connectivity index (χ2n) is 4.56. The van der Waals surface area contributed by atoms with Crippen molar-refractivity contribution in [2.24, 2.45) is 5.92 Å². The van der Waals surface area contributed by atoms with E-state index in [1.54, 1.807) is 12.1 Å². The highest BCUT2D eigenvalue weighted by atomic mass is 35.5. The summed E-state index contributed by atoms with van der Waals surface area (Å²) in [6.45, 7) is 5.16. The predicted octanol–water partition coefficient (Wildman–Crippen LogP) is 3.19. The summed E-state index contributed by atoms with van der Waals surface area (Å²) in [4.78, 5) is 0. The van der Waals surface area contributed by atoms with Gasteiger partial charge in [-0.25, -0.2) is 0 Å². The van der Waals surface area contributed by atoms with Crippen LogP contribution in [0, 0.1) is 5.92 Å². The number of hydrogen-bond donors (Lipinski definition) is 1. The van der Waals surface area contributed by atoms with Crippen LogP contribution in [0.4, 0.5) is 0 Å². The molecule has 1 aliphatic heterocycles. The van der Waals surface area contributed by atoms with E-state index in [1.165, 1.54) is 0 Å². The highest BCUT2D eigenvalue weighted by molar-refractivity contribution is 6.31. The van der Waals surface area contributed by atoms with Gasteiger partial charge in [0.05, 0.1) is 24.3 Å². The SMILES string of the molecule is CC(C)C(O)c1cc2c(cc1Cl)OCCCO2. The summed E-state index contributed by atoms with van der Waals surface area (Å²) < 4.78 is 11.1. The number of aliphatic hydroxyl groups is 1. The Bertz CT molecular complexity index is 404. The van der Waals surface area contributed by atoms with E-state index in [0.29, 0.717) is 35.3 Å². The molecule has 0 fully saturated rings. The second kappa shape index (κ2) is 5.15. The van der Waals surface area contributed by atoms with Crippen molar-refractivity contribution < 1.29 is 14.6 Å². The summed E-state index contributed by atoms with van der Waals surface area (Å²) in [6.07, 6.45) is 0.272. The minimum absolute atomic E-state index is 0.109. The van der Waals surface area contributed by atoms with Crippen LogP contribution < -0.4 is 9.47 Å². The van der Waals surface area contributed by atoms with E-state index in [9.17, 15) is 5.11 Å². The topological polar surface area (TPSA) is 38.7 Å². The van der Waals surface area contributed by atoms with Crippen LogP contribution in [0.1, 0.15) is 31.9 Å². The lowest BCUT2D eigenvalue weighted by Gasteiger charge is -2.18. The van der Waals surface area contributed by atoms with Crippen LogP contribution in [0.25, 0.3) is 0 Å². The normalized spacial score (nSPS) is 16.8. The third-order valence-corrected chi connectivity index (χ3v) is 3.14. The summed E-state index contributed by atoms with van der Waals surface area (Å²) in [7, 11) is 0. The second-order valence-corrected chi connectivity index (χ2v) is 4.97. The number of rotatable bonds is 2. The van der Waals surface area contributed by atoms with Gasteiger partial charge in [-0.05, 0) is 12.0 Å². The minimum atomic E-state index is -0.584. The molecule has 1 N–H and O–H groups in total. The molecule has 2 rings (SSSR count). The maximum absolute atomic E-state index is 10.1.